The van der Waals surface area contributed by atoms with Crippen molar-refractivity contribution in [3.05, 3.63) is 33.9 Å². The van der Waals surface area contributed by atoms with E-state index < -0.39 is 0 Å². The Bertz CT molecular complexity index is 588. The summed E-state index contributed by atoms with van der Waals surface area (Å²) in [6.45, 7) is 3.96. The zero-order valence-corrected chi connectivity index (χ0v) is 12.5. The number of halogens is 1. The minimum Gasteiger partial charge on any atom is -0.375 e. The zero-order chi connectivity index (χ0) is 12.7. The van der Waals surface area contributed by atoms with Crippen LogP contribution in [0, 0.1) is 0 Å². The summed E-state index contributed by atoms with van der Waals surface area (Å²) < 4.78 is 9.20. The lowest BCUT2D eigenvalue weighted by molar-refractivity contribution is 0.107. The molecule has 0 saturated heterocycles. The Balaban J connectivity index is 2.29. The number of benzene rings is 1. The fourth-order valence-electron chi connectivity index (χ4n) is 3.03. The van der Waals surface area contributed by atoms with Gasteiger partial charge >= 0.3 is 0 Å². The Morgan fingerprint density at radius 1 is 1.39 bits per heavy atom. The third-order valence-electron chi connectivity index (χ3n) is 3.98. The van der Waals surface area contributed by atoms with Gasteiger partial charge in [0.15, 0.2) is 0 Å². The van der Waals surface area contributed by atoms with Gasteiger partial charge in [0.05, 0.1) is 6.61 Å². The molecule has 3 rings (SSSR count). The second-order valence-corrected chi connectivity index (χ2v) is 6.09. The fraction of sp³-hybridized carbons (Fsp3) is 0.467. The van der Waals surface area contributed by atoms with Gasteiger partial charge in [-0.1, -0.05) is 22.9 Å². The maximum atomic E-state index is 5.76. The number of hydrogen-bond donors (Lipinski definition) is 0. The van der Waals surface area contributed by atoms with Gasteiger partial charge in [0, 0.05) is 34.7 Å². The highest BCUT2D eigenvalue weighted by Gasteiger charge is 2.21. The summed E-state index contributed by atoms with van der Waals surface area (Å²) in [7, 11) is 2.15. The molecule has 2 aromatic rings. The second kappa shape index (κ2) is 4.71. The van der Waals surface area contributed by atoms with Crippen LogP contribution in [0.5, 0.6) is 0 Å². The highest BCUT2D eigenvalue weighted by Crippen LogP contribution is 2.36. The van der Waals surface area contributed by atoms with E-state index in [9.17, 15) is 0 Å². The van der Waals surface area contributed by atoms with E-state index in [4.69, 9.17) is 4.74 Å². The predicted octanol–water partition coefficient (Wildman–Crippen LogP) is 4.35. The zero-order valence-electron chi connectivity index (χ0n) is 10.9. The van der Waals surface area contributed by atoms with Crippen LogP contribution >= 0.6 is 15.9 Å². The molecule has 1 atom stereocenters. The number of aryl methyl sites for hydroxylation is 1. The molecule has 1 aliphatic rings. The summed E-state index contributed by atoms with van der Waals surface area (Å²) in [5.41, 5.74) is 4.13. The molecule has 1 aromatic carbocycles. The second-order valence-electron chi connectivity index (χ2n) is 5.18. The topological polar surface area (TPSA) is 14.2 Å². The first-order valence-electron chi connectivity index (χ1n) is 6.53. The van der Waals surface area contributed by atoms with Crippen molar-refractivity contribution in [2.24, 2.45) is 7.05 Å². The van der Waals surface area contributed by atoms with E-state index >= 15 is 0 Å². The molecule has 0 bridgehead atoms. The van der Waals surface area contributed by atoms with Gasteiger partial charge in [-0.05, 0) is 42.5 Å². The van der Waals surface area contributed by atoms with Crippen LogP contribution in [0.4, 0.5) is 0 Å². The smallest absolute Gasteiger partial charge is 0.0870 e. The average Bonchev–Trinajstić information content (AvgIpc) is 2.58. The van der Waals surface area contributed by atoms with Crippen LogP contribution in [0.1, 0.15) is 36.9 Å². The van der Waals surface area contributed by atoms with Crippen molar-refractivity contribution in [1.82, 2.24) is 4.57 Å². The van der Waals surface area contributed by atoms with Crippen LogP contribution in [-0.4, -0.2) is 11.2 Å². The first-order chi connectivity index (χ1) is 8.68. The van der Waals surface area contributed by atoms with Gasteiger partial charge in [-0.25, -0.2) is 0 Å². The van der Waals surface area contributed by atoms with Gasteiger partial charge in [0.1, 0.15) is 0 Å². The van der Waals surface area contributed by atoms with Gasteiger partial charge < -0.3 is 9.30 Å². The van der Waals surface area contributed by atoms with E-state index in [1.54, 1.807) is 0 Å². The normalized spacial score (nSPS) is 20.5. The van der Waals surface area contributed by atoms with E-state index in [-0.39, 0.29) is 0 Å². The first kappa shape index (κ1) is 12.2. The first-order valence-corrected chi connectivity index (χ1v) is 7.32. The Hall–Kier alpha value is -0.800. The molecular formula is C15H18BrNO. The number of hydrogen-bond acceptors (Lipinski definition) is 1. The molecule has 0 saturated carbocycles. The van der Waals surface area contributed by atoms with E-state index in [0.717, 1.165) is 24.1 Å². The van der Waals surface area contributed by atoms with Crippen molar-refractivity contribution in [3.8, 4) is 0 Å². The van der Waals surface area contributed by atoms with Gasteiger partial charge in [-0.15, -0.1) is 0 Å². The Morgan fingerprint density at radius 2 is 2.22 bits per heavy atom. The SMILES string of the molecule is C[C@H]1CCCOCc2c1c1cc(Br)ccc1n2C. The van der Waals surface area contributed by atoms with Crippen molar-refractivity contribution in [2.45, 2.75) is 32.3 Å². The summed E-state index contributed by atoms with van der Waals surface area (Å²) in [6, 6.07) is 6.55. The van der Waals surface area contributed by atoms with Crippen molar-refractivity contribution >= 4 is 26.8 Å². The number of rotatable bonds is 0. The van der Waals surface area contributed by atoms with E-state index in [1.807, 2.05) is 0 Å². The molecule has 96 valence electrons. The molecule has 0 radical (unpaired) electrons. The van der Waals surface area contributed by atoms with Crippen molar-refractivity contribution in [1.29, 1.82) is 0 Å². The highest BCUT2D eigenvalue weighted by atomic mass is 79.9. The quantitative estimate of drug-likeness (QED) is 0.705. The molecule has 2 heterocycles. The van der Waals surface area contributed by atoms with Gasteiger partial charge in [0.2, 0.25) is 0 Å². The van der Waals surface area contributed by atoms with Gasteiger partial charge in [0.25, 0.3) is 0 Å². The molecule has 0 amide bonds. The van der Waals surface area contributed by atoms with Gasteiger partial charge in [-0.3, -0.25) is 0 Å². The maximum absolute atomic E-state index is 5.76. The molecule has 18 heavy (non-hydrogen) atoms. The molecule has 1 aromatic heterocycles. The third kappa shape index (κ3) is 1.90. The molecule has 0 N–H and O–H groups in total. The van der Waals surface area contributed by atoms with Crippen LogP contribution in [0.25, 0.3) is 10.9 Å². The lowest BCUT2D eigenvalue weighted by Crippen LogP contribution is -2.09. The summed E-state index contributed by atoms with van der Waals surface area (Å²) in [5.74, 6) is 0.613. The number of aromatic nitrogens is 1. The summed E-state index contributed by atoms with van der Waals surface area (Å²) in [4.78, 5) is 0. The molecule has 2 nitrogen and oxygen atoms in total. The summed E-state index contributed by atoms with van der Waals surface area (Å²) in [5, 5.41) is 1.37. The van der Waals surface area contributed by atoms with Crippen LogP contribution in [0.3, 0.4) is 0 Å². The highest BCUT2D eigenvalue weighted by molar-refractivity contribution is 9.10. The predicted molar refractivity (Wildman–Crippen MR) is 77.9 cm³/mol. The van der Waals surface area contributed by atoms with Crippen molar-refractivity contribution < 1.29 is 4.74 Å². The number of nitrogens with zero attached hydrogens (tertiary/aromatic N) is 1. The Kier molecular flexibility index (Phi) is 3.20. The van der Waals surface area contributed by atoms with Crippen LogP contribution < -0.4 is 0 Å². The molecule has 0 unspecified atom stereocenters. The Morgan fingerprint density at radius 3 is 3.06 bits per heavy atom. The van der Waals surface area contributed by atoms with Crippen LogP contribution in [-0.2, 0) is 18.4 Å². The molecule has 3 heteroatoms. The molecule has 0 spiro atoms. The lowest BCUT2D eigenvalue weighted by Gasteiger charge is -2.18. The summed E-state index contributed by atoms with van der Waals surface area (Å²) in [6.07, 6.45) is 2.36. The molecular weight excluding hydrogens is 290 g/mol. The number of fused-ring (bicyclic) bond motifs is 3. The Labute approximate surface area is 116 Å². The van der Waals surface area contributed by atoms with Gasteiger partial charge in [-0.2, -0.15) is 0 Å². The van der Waals surface area contributed by atoms with E-state index in [0.29, 0.717) is 5.92 Å². The third-order valence-corrected chi connectivity index (χ3v) is 4.48. The van der Waals surface area contributed by atoms with Crippen molar-refractivity contribution in [3.63, 3.8) is 0 Å². The minimum absolute atomic E-state index is 0.613. The molecule has 1 aliphatic heterocycles. The largest absolute Gasteiger partial charge is 0.375 e. The summed E-state index contributed by atoms with van der Waals surface area (Å²) >= 11 is 3.58. The maximum Gasteiger partial charge on any atom is 0.0870 e. The van der Waals surface area contributed by atoms with E-state index in [1.165, 1.54) is 28.6 Å². The molecule has 0 aliphatic carbocycles. The fourth-order valence-corrected chi connectivity index (χ4v) is 3.39. The minimum atomic E-state index is 0.613. The lowest BCUT2D eigenvalue weighted by atomic mass is 9.93. The average molecular weight is 308 g/mol. The standard InChI is InChI=1S/C15H18BrNO/c1-10-4-3-7-18-9-14-15(10)12-8-11(16)5-6-13(12)17(14)2/h5-6,8,10H,3-4,7,9H2,1-2H3/t10-/m0/s1. The molecule has 0 fully saturated rings. The number of ether oxygens (including phenoxy) is 1. The van der Waals surface area contributed by atoms with Crippen molar-refractivity contribution in [2.75, 3.05) is 6.61 Å². The van der Waals surface area contributed by atoms with E-state index in [2.05, 4.69) is 52.7 Å². The van der Waals surface area contributed by atoms with Crippen LogP contribution in [0.2, 0.25) is 0 Å². The monoisotopic (exact) mass is 307 g/mol. The van der Waals surface area contributed by atoms with Crippen LogP contribution in [0.15, 0.2) is 22.7 Å².